The highest BCUT2D eigenvalue weighted by Gasteiger charge is 2.20. The van der Waals surface area contributed by atoms with Crippen LogP contribution in [0, 0.1) is 0 Å². The van der Waals surface area contributed by atoms with Gasteiger partial charge in [-0.05, 0) is 24.9 Å². The molecule has 1 aromatic rings. The van der Waals surface area contributed by atoms with Crippen LogP contribution in [0.2, 0.25) is 0 Å². The Morgan fingerprint density at radius 3 is 3.06 bits per heavy atom. The fraction of sp³-hybridized carbons (Fsp3) is 0.500. The summed E-state index contributed by atoms with van der Waals surface area (Å²) >= 11 is 0. The molecule has 1 heterocycles. The van der Waals surface area contributed by atoms with Crippen LogP contribution in [-0.2, 0) is 11.2 Å². The molecule has 0 radical (unpaired) electrons. The molecule has 1 unspecified atom stereocenters. The maximum absolute atomic E-state index is 10.7. The first-order chi connectivity index (χ1) is 8.36. The number of para-hydroxylation sites is 1. The van der Waals surface area contributed by atoms with Gasteiger partial charge in [-0.25, -0.2) is 0 Å². The number of carbonyl (C=O) groups excluding carboxylic acids is 1. The number of rotatable bonds is 4. The standard InChI is InChI=1S/C14H19NO2/c1-17-14-11(7-9-16)4-2-6-13(14)12-5-3-8-15-10-12/h2,4,6,9,12,15H,3,5,7-8,10H2,1H3. The Morgan fingerprint density at radius 1 is 1.53 bits per heavy atom. The van der Waals surface area contributed by atoms with Gasteiger partial charge in [0, 0.05) is 24.4 Å². The van der Waals surface area contributed by atoms with E-state index >= 15 is 0 Å². The molecule has 1 aliphatic rings. The molecule has 1 saturated heterocycles. The summed E-state index contributed by atoms with van der Waals surface area (Å²) in [6.45, 7) is 2.10. The van der Waals surface area contributed by atoms with E-state index in [1.807, 2.05) is 12.1 Å². The van der Waals surface area contributed by atoms with Crippen LogP contribution in [0.5, 0.6) is 5.75 Å². The Morgan fingerprint density at radius 2 is 2.41 bits per heavy atom. The van der Waals surface area contributed by atoms with Crippen LogP contribution in [0.1, 0.15) is 29.9 Å². The molecule has 92 valence electrons. The van der Waals surface area contributed by atoms with Crippen molar-refractivity contribution in [1.29, 1.82) is 0 Å². The highest BCUT2D eigenvalue weighted by atomic mass is 16.5. The van der Waals surface area contributed by atoms with Gasteiger partial charge in [0.05, 0.1) is 7.11 Å². The van der Waals surface area contributed by atoms with Gasteiger partial charge in [0.25, 0.3) is 0 Å². The summed E-state index contributed by atoms with van der Waals surface area (Å²) in [4.78, 5) is 10.7. The van der Waals surface area contributed by atoms with Crippen LogP contribution in [0.15, 0.2) is 18.2 Å². The number of hydrogen-bond donors (Lipinski definition) is 1. The fourth-order valence-corrected chi connectivity index (χ4v) is 2.54. The lowest BCUT2D eigenvalue weighted by atomic mass is 9.89. The van der Waals surface area contributed by atoms with Crippen molar-refractivity contribution in [2.24, 2.45) is 0 Å². The van der Waals surface area contributed by atoms with Gasteiger partial charge in [-0.15, -0.1) is 0 Å². The van der Waals surface area contributed by atoms with Crippen LogP contribution in [0.3, 0.4) is 0 Å². The minimum absolute atomic E-state index is 0.428. The van der Waals surface area contributed by atoms with E-state index in [4.69, 9.17) is 4.74 Å². The van der Waals surface area contributed by atoms with Crippen LogP contribution in [0.25, 0.3) is 0 Å². The molecular weight excluding hydrogens is 214 g/mol. The third-order valence-electron chi connectivity index (χ3n) is 3.37. The van der Waals surface area contributed by atoms with Crippen molar-refractivity contribution in [3.05, 3.63) is 29.3 Å². The number of methoxy groups -OCH3 is 1. The summed E-state index contributed by atoms with van der Waals surface area (Å²) in [7, 11) is 1.68. The van der Waals surface area contributed by atoms with Gasteiger partial charge in [0.15, 0.2) is 0 Å². The Hall–Kier alpha value is -1.35. The molecule has 3 heteroatoms. The number of benzene rings is 1. The third-order valence-corrected chi connectivity index (χ3v) is 3.37. The lowest BCUT2D eigenvalue weighted by Gasteiger charge is -2.25. The molecule has 1 atom stereocenters. The molecule has 0 saturated carbocycles. The monoisotopic (exact) mass is 233 g/mol. The normalized spacial score (nSPS) is 19.9. The maximum Gasteiger partial charge on any atom is 0.126 e. The van der Waals surface area contributed by atoms with Crippen molar-refractivity contribution in [3.8, 4) is 5.75 Å². The minimum atomic E-state index is 0.428. The number of carbonyl (C=O) groups is 1. The summed E-state index contributed by atoms with van der Waals surface area (Å²) in [5, 5.41) is 3.41. The summed E-state index contributed by atoms with van der Waals surface area (Å²) in [6, 6.07) is 6.10. The van der Waals surface area contributed by atoms with E-state index < -0.39 is 0 Å². The van der Waals surface area contributed by atoms with Crippen LogP contribution >= 0.6 is 0 Å². The zero-order valence-electron chi connectivity index (χ0n) is 10.2. The predicted molar refractivity (Wildman–Crippen MR) is 67.6 cm³/mol. The first-order valence-corrected chi connectivity index (χ1v) is 6.17. The Bertz CT molecular complexity index is 384. The molecule has 1 fully saturated rings. The second-order valence-electron chi connectivity index (χ2n) is 4.45. The van der Waals surface area contributed by atoms with E-state index in [2.05, 4.69) is 11.4 Å². The van der Waals surface area contributed by atoms with Crippen LogP contribution in [0.4, 0.5) is 0 Å². The molecule has 1 aromatic carbocycles. The summed E-state index contributed by atoms with van der Waals surface area (Å²) in [6.07, 6.45) is 3.75. The molecular formula is C14H19NO2. The number of piperidine rings is 1. The van der Waals surface area contributed by atoms with Gasteiger partial charge in [0.2, 0.25) is 0 Å². The number of ether oxygens (including phenoxy) is 1. The lowest BCUT2D eigenvalue weighted by Crippen LogP contribution is -2.28. The van der Waals surface area contributed by atoms with E-state index in [-0.39, 0.29) is 0 Å². The number of aldehydes is 1. The molecule has 0 aliphatic carbocycles. The maximum atomic E-state index is 10.7. The molecule has 0 amide bonds. The Balaban J connectivity index is 2.31. The van der Waals surface area contributed by atoms with Crippen LogP contribution < -0.4 is 10.1 Å². The SMILES string of the molecule is COc1c(CC=O)cccc1C1CCCNC1. The smallest absolute Gasteiger partial charge is 0.126 e. The molecule has 0 spiro atoms. The lowest BCUT2D eigenvalue weighted by molar-refractivity contribution is -0.107. The van der Waals surface area contributed by atoms with Gasteiger partial charge in [-0.3, -0.25) is 0 Å². The van der Waals surface area contributed by atoms with Gasteiger partial charge in [-0.1, -0.05) is 18.2 Å². The Kier molecular flexibility index (Phi) is 4.15. The number of hydrogen-bond acceptors (Lipinski definition) is 3. The second-order valence-corrected chi connectivity index (χ2v) is 4.45. The van der Waals surface area contributed by atoms with E-state index in [0.29, 0.717) is 12.3 Å². The van der Waals surface area contributed by atoms with Gasteiger partial charge >= 0.3 is 0 Å². The zero-order chi connectivity index (χ0) is 12.1. The van der Waals surface area contributed by atoms with Gasteiger partial charge < -0.3 is 14.8 Å². The second kappa shape index (κ2) is 5.82. The molecule has 17 heavy (non-hydrogen) atoms. The van der Waals surface area contributed by atoms with E-state index in [0.717, 1.165) is 30.7 Å². The van der Waals surface area contributed by atoms with Crippen molar-refractivity contribution in [2.45, 2.75) is 25.2 Å². The van der Waals surface area contributed by atoms with E-state index in [1.165, 1.54) is 18.4 Å². The van der Waals surface area contributed by atoms with E-state index in [9.17, 15) is 4.79 Å². The first-order valence-electron chi connectivity index (χ1n) is 6.17. The fourth-order valence-electron chi connectivity index (χ4n) is 2.54. The van der Waals surface area contributed by atoms with E-state index in [1.54, 1.807) is 7.11 Å². The number of nitrogens with one attached hydrogen (secondary N) is 1. The first kappa shape index (κ1) is 12.1. The topological polar surface area (TPSA) is 38.3 Å². The largest absolute Gasteiger partial charge is 0.496 e. The molecule has 1 N–H and O–H groups in total. The van der Waals surface area contributed by atoms with Crippen LogP contribution in [-0.4, -0.2) is 26.5 Å². The molecule has 0 aromatic heterocycles. The Labute approximate surface area is 102 Å². The summed E-state index contributed by atoms with van der Waals surface area (Å²) in [5.74, 6) is 1.40. The van der Waals surface area contributed by atoms with Crippen molar-refractivity contribution in [1.82, 2.24) is 5.32 Å². The molecule has 3 nitrogen and oxygen atoms in total. The highest BCUT2D eigenvalue weighted by molar-refractivity contribution is 5.59. The van der Waals surface area contributed by atoms with Crippen molar-refractivity contribution >= 4 is 6.29 Å². The third kappa shape index (κ3) is 2.67. The van der Waals surface area contributed by atoms with Crippen molar-refractivity contribution < 1.29 is 9.53 Å². The average Bonchev–Trinajstić information content (AvgIpc) is 2.40. The quantitative estimate of drug-likeness (QED) is 0.807. The molecule has 0 bridgehead atoms. The molecule has 2 rings (SSSR count). The summed E-state index contributed by atoms with van der Waals surface area (Å²) < 4.78 is 5.50. The average molecular weight is 233 g/mol. The molecule has 1 aliphatic heterocycles. The van der Waals surface area contributed by atoms with Gasteiger partial charge in [-0.2, -0.15) is 0 Å². The zero-order valence-corrected chi connectivity index (χ0v) is 10.2. The summed E-state index contributed by atoms with van der Waals surface area (Å²) in [5.41, 5.74) is 2.23. The van der Waals surface area contributed by atoms with Crippen molar-refractivity contribution in [3.63, 3.8) is 0 Å². The minimum Gasteiger partial charge on any atom is -0.496 e. The van der Waals surface area contributed by atoms with Crippen molar-refractivity contribution in [2.75, 3.05) is 20.2 Å². The van der Waals surface area contributed by atoms with Gasteiger partial charge in [0.1, 0.15) is 12.0 Å². The predicted octanol–water partition coefficient (Wildman–Crippen LogP) is 1.90. The highest BCUT2D eigenvalue weighted by Crippen LogP contribution is 2.33.